The zero-order chi connectivity index (χ0) is 14.8. The summed E-state index contributed by atoms with van der Waals surface area (Å²) in [4.78, 5) is 0. The van der Waals surface area contributed by atoms with Gasteiger partial charge < -0.3 is 0 Å². The quantitative estimate of drug-likeness (QED) is 0.563. The third-order valence-electron chi connectivity index (χ3n) is 3.58. The van der Waals surface area contributed by atoms with E-state index in [2.05, 4.69) is 64.1 Å². The van der Waals surface area contributed by atoms with E-state index < -0.39 is 0 Å². The van der Waals surface area contributed by atoms with Gasteiger partial charge in [0.05, 0.1) is 0 Å². The van der Waals surface area contributed by atoms with Crippen LogP contribution in [0.5, 0.6) is 0 Å². The number of hydrogen-bond donors (Lipinski definition) is 0. The largest absolute Gasteiger partial charge is 2.00 e. The van der Waals surface area contributed by atoms with Crippen molar-refractivity contribution in [1.82, 2.24) is 0 Å². The molecule has 0 heterocycles. The average Bonchev–Trinajstić information content (AvgIpc) is 3.03. The van der Waals surface area contributed by atoms with Gasteiger partial charge in [-0.15, -0.1) is 0 Å². The molecule has 2 aromatic rings. The molecular weight excluding hydrogens is 291 g/mol. The van der Waals surface area contributed by atoms with E-state index in [1.54, 1.807) is 0 Å². The number of aryl methyl sites for hydroxylation is 4. The van der Waals surface area contributed by atoms with Crippen molar-refractivity contribution in [2.75, 3.05) is 0 Å². The second-order valence-corrected chi connectivity index (χ2v) is 5.80. The monoisotopic (exact) mass is 321 g/mol. The molecule has 0 atom stereocenters. The number of hydrogen-bond acceptors (Lipinski definition) is 0. The molecule has 0 N–H and O–H groups in total. The molecule has 0 spiro atoms. The van der Waals surface area contributed by atoms with Crippen molar-refractivity contribution in [1.29, 1.82) is 0 Å². The number of unbranched alkanes of at least 4 members (excludes halogenated alkanes) is 2. The Morgan fingerprint density at radius 3 is 1.38 bits per heavy atom. The maximum atomic E-state index is 2.27. The molecule has 0 aliphatic rings. The van der Waals surface area contributed by atoms with Crippen molar-refractivity contribution in [3.63, 3.8) is 0 Å². The van der Waals surface area contributed by atoms with Gasteiger partial charge in [0.2, 0.25) is 0 Å². The topological polar surface area (TPSA) is 0 Å². The molecule has 2 aromatic carbocycles. The first-order valence-electron chi connectivity index (χ1n) is 8.10. The van der Waals surface area contributed by atoms with Crippen molar-refractivity contribution in [2.24, 2.45) is 0 Å². The van der Waals surface area contributed by atoms with E-state index >= 15 is 0 Å². The number of rotatable bonds is 6. The molecule has 0 aliphatic carbocycles. The van der Waals surface area contributed by atoms with Gasteiger partial charge in [0, 0.05) is 0 Å². The Bertz CT molecular complexity index is 417. The van der Waals surface area contributed by atoms with Crippen LogP contribution >= 0.6 is 0 Å². The molecule has 1 radical (unpaired) electrons. The molecule has 0 aromatic heterocycles. The molecule has 2 rings (SSSR count). The van der Waals surface area contributed by atoms with Gasteiger partial charge >= 0.3 is 18.6 Å². The van der Waals surface area contributed by atoms with Crippen molar-refractivity contribution in [3.8, 4) is 0 Å². The van der Waals surface area contributed by atoms with Crippen LogP contribution in [0.1, 0.15) is 61.8 Å². The van der Waals surface area contributed by atoms with Crippen molar-refractivity contribution in [2.45, 2.75) is 66.2 Å². The third-order valence-corrected chi connectivity index (χ3v) is 3.58. The van der Waals surface area contributed by atoms with Gasteiger partial charge in [-0.2, -0.15) is 35.4 Å². The van der Waals surface area contributed by atoms with Gasteiger partial charge in [0.25, 0.3) is 0 Å². The van der Waals surface area contributed by atoms with Gasteiger partial charge in [-0.3, -0.25) is 0 Å². The minimum atomic E-state index is 0. The molecule has 0 aliphatic heterocycles. The van der Waals surface area contributed by atoms with Crippen molar-refractivity contribution >= 4 is 0 Å². The van der Waals surface area contributed by atoms with Crippen LogP contribution in [0.25, 0.3) is 0 Å². The van der Waals surface area contributed by atoms with E-state index in [0.717, 1.165) is 0 Å². The zero-order valence-corrected chi connectivity index (χ0v) is 15.6. The summed E-state index contributed by atoms with van der Waals surface area (Å²) in [6, 6.07) is 13.4. The molecular formula is C20H30V. The fraction of sp³-hybridized carbons (Fsp3) is 0.500. The molecule has 1 heteroatoms. The molecule has 115 valence electrons. The van der Waals surface area contributed by atoms with Crippen LogP contribution < -0.4 is 0 Å². The van der Waals surface area contributed by atoms with Crippen LogP contribution in [0.4, 0.5) is 0 Å². The summed E-state index contributed by atoms with van der Waals surface area (Å²) < 4.78 is 0. The normalized spacial score (nSPS) is 9.71. The van der Waals surface area contributed by atoms with Crippen LogP contribution in [0.15, 0.2) is 36.4 Å². The Hall–Kier alpha value is -0.716. The summed E-state index contributed by atoms with van der Waals surface area (Å²) in [6.07, 6.45) is 7.75. The fourth-order valence-corrected chi connectivity index (χ4v) is 2.33. The van der Waals surface area contributed by atoms with Gasteiger partial charge in [0.1, 0.15) is 0 Å². The Balaban J connectivity index is 0.000000364. The van der Waals surface area contributed by atoms with E-state index in [9.17, 15) is 0 Å². The molecule has 0 nitrogen and oxygen atoms in total. The first-order chi connectivity index (χ1) is 9.65. The molecule has 21 heavy (non-hydrogen) atoms. The molecule has 0 fully saturated rings. The van der Waals surface area contributed by atoms with Gasteiger partial charge in [0.15, 0.2) is 0 Å². The fourth-order valence-electron chi connectivity index (χ4n) is 2.33. The van der Waals surface area contributed by atoms with Crippen LogP contribution in [0.2, 0.25) is 0 Å². The predicted octanol–water partition coefficient (Wildman–Crippen LogP) is 6.11. The van der Waals surface area contributed by atoms with Crippen molar-refractivity contribution < 1.29 is 18.6 Å². The molecule has 0 unspecified atom stereocenters. The van der Waals surface area contributed by atoms with E-state index in [4.69, 9.17) is 0 Å². The van der Waals surface area contributed by atoms with Crippen LogP contribution in [0, 0.1) is 13.8 Å². The Kier molecular flexibility index (Phi) is 11.5. The SMILES string of the molecule is CCCC[c-]1ccc(C)c1.CCCC[c-]1ccc(C)c1.[V+2]. The first-order valence-corrected chi connectivity index (χ1v) is 8.10. The zero-order valence-electron chi connectivity index (χ0n) is 14.2. The maximum Gasteiger partial charge on any atom is 2.00 e. The summed E-state index contributed by atoms with van der Waals surface area (Å²) in [5.41, 5.74) is 5.79. The molecule has 0 saturated carbocycles. The maximum absolute atomic E-state index is 2.27. The Labute approximate surface area is 143 Å². The Morgan fingerprint density at radius 2 is 1.14 bits per heavy atom. The molecule has 0 bridgehead atoms. The van der Waals surface area contributed by atoms with E-state index in [0.29, 0.717) is 0 Å². The summed E-state index contributed by atoms with van der Waals surface area (Å²) in [7, 11) is 0. The standard InChI is InChI=1S/2C10H15.V/c2*1-3-4-5-10-7-6-9(2)8-10;/h2*6-8H,3-5H2,1-2H3;/q2*-1;+2. The average molecular weight is 321 g/mol. The second kappa shape index (κ2) is 11.9. The van der Waals surface area contributed by atoms with Crippen LogP contribution in [0.3, 0.4) is 0 Å². The van der Waals surface area contributed by atoms with Crippen LogP contribution in [-0.2, 0) is 31.4 Å². The first kappa shape index (κ1) is 20.3. The van der Waals surface area contributed by atoms with E-state index in [-0.39, 0.29) is 18.6 Å². The van der Waals surface area contributed by atoms with Crippen LogP contribution in [-0.4, -0.2) is 0 Å². The summed E-state index contributed by atoms with van der Waals surface area (Å²) in [5.74, 6) is 0. The van der Waals surface area contributed by atoms with E-state index in [1.165, 1.54) is 60.8 Å². The third kappa shape index (κ3) is 9.01. The minimum absolute atomic E-state index is 0. The van der Waals surface area contributed by atoms with Crippen molar-refractivity contribution in [3.05, 3.63) is 58.7 Å². The smallest absolute Gasteiger partial charge is 0.211 e. The van der Waals surface area contributed by atoms with Gasteiger partial charge in [-0.1, -0.05) is 66.2 Å². The summed E-state index contributed by atoms with van der Waals surface area (Å²) >= 11 is 0. The Morgan fingerprint density at radius 1 is 0.762 bits per heavy atom. The minimum Gasteiger partial charge on any atom is -0.211 e. The molecule has 0 saturated heterocycles. The van der Waals surface area contributed by atoms with Gasteiger partial charge in [-0.25, -0.2) is 23.3 Å². The van der Waals surface area contributed by atoms with E-state index in [1.807, 2.05) is 0 Å². The molecule has 0 amide bonds. The summed E-state index contributed by atoms with van der Waals surface area (Å²) in [6.45, 7) is 8.76. The summed E-state index contributed by atoms with van der Waals surface area (Å²) in [5, 5.41) is 0. The van der Waals surface area contributed by atoms with Gasteiger partial charge in [-0.05, 0) is 0 Å². The predicted molar refractivity (Wildman–Crippen MR) is 90.8 cm³/mol. The second-order valence-electron chi connectivity index (χ2n) is 5.80.